The molecule has 3 aromatic carbocycles. The molecule has 0 unspecified atom stereocenters. The molecule has 0 saturated carbocycles. The number of benzene rings is 3. The van der Waals surface area contributed by atoms with E-state index in [4.69, 9.17) is 0 Å². The van der Waals surface area contributed by atoms with Gasteiger partial charge in [0.25, 0.3) is 0 Å². The van der Waals surface area contributed by atoms with Crippen molar-refractivity contribution in [3.63, 3.8) is 0 Å². The highest BCUT2D eigenvalue weighted by Crippen LogP contribution is 2.34. The maximum absolute atomic E-state index is 12.0. The smallest absolute Gasteiger partial charge is 0.122 e. The van der Waals surface area contributed by atoms with Gasteiger partial charge in [0, 0.05) is 12.8 Å². The van der Waals surface area contributed by atoms with Crippen LogP contribution in [0.3, 0.4) is 0 Å². The number of hydrogen-bond donors (Lipinski definition) is 3. The summed E-state index contributed by atoms with van der Waals surface area (Å²) in [5.74, 6) is 0.923. The van der Waals surface area contributed by atoms with Gasteiger partial charge in [0.2, 0.25) is 0 Å². The van der Waals surface area contributed by atoms with Crippen molar-refractivity contribution in [3.8, 4) is 17.2 Å². The lowest BCUT2D eigenvalue weighted by atomic mass is 9.91. The standard InChI is InChI=1S/C68H114O3/c1-4-7-10-13-16-19-22-25-28-31-34-37-40-43-46-59-49-51-66(69)62(53-59)57-64-55-61(48-45-42-39-36-33-30-27-24-21-18-15-12-9-6-3)56-65(68(64)71)58-63-54-60(50-52-67(63)70)47-44-41-38-35-32-29-26-23-20-17-14-11-8-5-2/h49-56,69-71H,4-48,57-58H2,1-3H3. The Labute approximate surface area is 440 Å². The number of phenolic OH excluding ortho intramolecular Hbond substituents is 3. The van der Waals surface area contributed by atoms with Crippen molar-refractivity contribution in [1.82, 2.24) is 0 Å². The Morgan fingerprint density at radius 1 is 0.239 bits per heavy atom. The van der Waals surface area contributed by atoms with E-state index in [0.29, 0.717) is 30.1 Å². The second-order valence-corrected chi connectivity index (χ2v) is 22.6. The molecule has 0 aliphatic heterocycles. The SMILES string of the molecule is CCCCCCCCCCCCCCCCc1ccc(O)c(Cc2cc(CCCCCCCCCCCCCCCC)cc(Cc3cc(CCCCCCCCCCCCCCCC)ccc3O)c2O)c1. The fourth-order valence-corrected chi connectivity index (χ4v) is 11.1. The first-order valence-electron chi connectivity index (χ1n) is 31.4. The fourth-order valence-electron chi connectivity index (χ4n) is 11.1. The molecule has 3 rings (SSSR count). The summed E-state index contributed by atoms with van der Waals surface area (Å²) in [7, 11) is 0. The van der Waals surface area contributed by atoms with E-state index >= 15 is 0 Å². The number of phenols is 3. The van der Waals surface area contributed by atoms with Gasteiger partial charge in [0.05, 0.1) is 0 Å². The number of aryl methyl sites for hydroxylation is 3. The zero-order valence-corrected chi connectivity index (χ0v) is 47.2. The normalized spacial score (nSPS) is 11.6. The molecule has 0 heterocycles. The van der Waals surface area contributed by atoms with Crippen LogP contribution in [0.5, 0.6) is 17.2 Å². The highest BCUT2D eigenvalue weighted by atomic mass is 16.3. The maximum Gasteiger partial charge on any atom is 0.122 e. The van der Waals surface area contributed by atoms with Crippen LogP contribution in [0.2, 0.25) is 0 Å². The van der Waals surface area contributed by atoms with Gasteiger partial charge in [-0.15, -0.1) is 0 Å². The molecule has 3 nitrogen and oxygen atoms in total. The molecule has 3 aromatic rings. The average Bonchev–Trinajstić information content (AvgIpc) is 3.37. The van der Waals surface area contributed by atoms with E-state index in [1.807, 2.05) is 12.1 Å². The minimum atomic E-state index is 0.307. The molecule has 0 amide bonds. The largest absolute Gasteiger partial charge is 0.508 e. The summed E-state index contributed by atoms with van der Waals surface area (Å²) in [5.41, 5.74) is 7.34. The second-order valence-electron chi connectivity index (χ2n) is 22.6. The minimum Gasteiger partial charge on any atom is -0.508 e. The van der Waals surface area contributed by atoms with Crippen molar-refractivity contribution in [3.05, 3.63) is 87.5 Å². The summed E-state index contributed by atoms with van der Waals surface area (Å²) >= 11 is 0. The molecule has 0 radical (unpaired) electrons. The predicted octanol–water partition coefficient (Wildman–Crippen LogP) is 22.1. The highest BCUT2D eigenvalue weighted by molar-refractivity contribution is 5.51. The monoisotopic (exact) mass is 979 g/mol. The van der Waals surface area contributed by atoms with Crippen molar-refractivity contribution in [1.29, 1.82) is 0 Å². The zero-order valence-electron chi connectivity index (χ0n) is 47.2. The third-order valence-electron chi connectivity index (χ3n) is 15.8. The summed E-state index contributed by atoms with van der Waals surface area (Å²) in [4.78, 5) is 0. The van der Waals surface area contributed by atoms with Crippen LogP contribution in [0.1, 0.15) is 329 Å². The quantitative estimate of drug-likeness (QED) is 0.0494. The van der Waals surface area contributed by atoms with Crippen LogP contribution in [0.15, 0.2) is 48.5 Å². The number of aromatic hydroxyl groups is 3. The molecule has 0 aliphatic rings. The first-order valence-corrected chi connectivity index (χ1v) is 31.4. The zero-order chi connectivity index (χ0) is 50.7. The topological polar surface area (TPSA) is 60.7 Å². The van der Waals surface area contributed by atoms with E-state index in [-0.39, 0.29) is 0 Å². The van der Waals surface area contributed by atoms with Crippen molar-refractivity contribution in [2.75, 3.05) is 0 Å². The molecule has 3 heteroatoms. The lowest BCUT2D eigenvalue weighted by molar-refractivity contribution is 0.456. The Hall–Kier alpha value is -2.94. The fraction of sp³-hybridized carbons (Fsp3) is 0.735. The minimum absolute atomic E-state index is 0.307. The Morgan fingerprint density at radius 3 is 0.704 bits per heavy atom. The number of unbranched alkanes of at least 4 members (excludes halogenated alkanes) is 39. The molecular formula is C68H114O3. The van der Waals surface area contributed by atoms with Crippen LogP contribution in [0.25, 0.3) is 0 Å². The first kappa shape index (κ1) is 62.4. The van der Waals surface area contributed by atoms with Gasteiger partial charge in [0.1, 0.15) is 17.2 Å². The van der Waals surface area contributed by atoms with Crippen LogP contribution in [0, 0.1) is 0 Å². The van der Waals surface area contributed by atoms with Crippen LogP contribution in [0.4, 0.5) is 0 Å². The second kappa shape index (κ2) is 43.5. The third-order valence-corrected chi connectivity index (χ3v) is 15.8. The molecule has 71 heavy (non-hydrogen) atoms. The summed E-state index contributed by atoms with van der Waals surface area (Å²) < 4.78 is 0. The van der Waals surface area contributed by atoms with Crippen LogP contribution in [-0.4, -0.2) is 15.3 Å². The van der Waals surface area contributed by atoms with E-state index in [9.17, 15) is 15.3 Å². The molecule has 0 fully saturated rings. The molecule has 404 valence electrons. The predicted molar refractivity (Wildman–Crippen MR) is 312 cm³/mol. The lowest BCUT2D eigenvalue weighted by Crippen LogP contribution is -2.00. The number of hydrogen-bond acceptors (Lipinski definition) is 3. The van der Waals surface area contributed by atoms with E-state index in [2.05, 4.69) is 57.2 Å². The Kier molecular flexibility index (Phi) is 38.2. The first-order chi connectivity index (χ1) is 34.9. The molecule has 0 spiro atoms. The van der Waals surface area contributed by atoms with Gasteiger partial charge in [0.15, 0.2) is 0 Å². The highest BCUT2D eigenvalue weighted by Gasteiger charge is 2.16. The Balaban J connectivity index is 1.53. The van der Waals surface area contributed by atoms with E-state index < -0.39 is 0 Å². The molecular weight excluding hydrogens is 865 g/mol. The lowest BCUT2D eigenvalue weighted by Gasteiger charge is -2.16. The summed E-state index contributed by atoms with van der Waals surface area (Å²) in [5, 5.41) is 34.3. The van der Waals surface area contributed by atoms with Gasteiger partial charge in [-0.25, -0.2) is 0 Å². The van der Waals surface area contributed by atoms with Crippen molar-refractivity contribution < 1.29 is 15.3 Å². The van der Waals surface area contributed by atoms with Gasteiger partial charge in [-0.05, 0) is 89.6 Å². The molecule has 0 aliphatic carbocycles. The summed E-state index contributed by atoms with van der Waals surface area (Å²) in [6, 6.07) is 16.7. The molecule has 0 atom stereocenters. The summed E-state index contributed by atoms with van der Waals surface area (Å²) in [6.45, 7) is 6.88. The molecule has 3 N–H and O–H groups in total. The summed E-state index contributed by atoms with van der Waals surface area (Å²) in [6.07, 6.45) is 61.1. The van der Waals surface area contributed by atoms with Crippen molar-refractivity contribution in [2.45, 2.75) is 323 Å². The van der Waals surface area contributed by atoms with E-state index in [1.165, 1.54) is 280 Å². The van der Waals surface area contributed by atoms with Gasteiger partial charge in [-0.3, -0.25) is 0 Å². The Bertz CT molecular complexity index is 1590. The van der Waals surface area contributed by atoms with Crippen LogP contribution >= 0.6 is 0 Å². The van der Waals surface area contributed by atoms with Crippen LogP contribution in [-0.2, 0) is 32.1 Å². The molecule has 0 saturated heterocycles. The van der Waals surface area contributed by atoms with Crippen molar-refractivity contribution in [2.24, 2.45) is 0 Å². The van der Waals surface area contributed by atoms with Crippen LogP contribution < -0.4 is 0 Å². The molecule has 0 bridgehead atoms. The van der Waals surface area contributed by atoms with Gasteiger partial charge in [-0.1, -0.05) is 308 Å². The van der Waals surface area contributed by atoms with E-state index in [1.54, 1.807) is 0 Å². The molecule has 0 aromatic heterocycles. The Morgan fingerprint density at radius 2 is 0.451 bits per heavy atom. The number of rotatable bonds is 49. The van der Waals surface area contributed by atoms with Gasteiger partial charge < -0.3 is 15.3 Å². The van der Waals surface area contributed by atoms with Gasteiger partial charge in [-0.2, -0.15) is 0 Å². The maximum atomic E-state index is 12.0. The average molecular weight is 980 g/mol. The third kappa shape index (κ3) is 31.4. The van der Waals surface area contributed by atoms with Gasteiger partial charge >= 0.3 is 0 Å². The van der Waals surface area contributed by atoms with E-state index in [0.717, 1.165) is 47.9 Å². The van der Waals surface area contributed by atoms with Crippen molar-refractivity contribution >= 4 is 0 Å².